The Balaban J connectivity index is 3.62. The van der Waals surface area contributed by atoms with Crippen LogP contribution in [-0.2, 0) is 0 Å². The van der Waals surface area contributed by atoms with Gasteiger partial charge in [-0.05, 0) is 19.8 Å². The Hall–Kier alpha value is -0.0400. The summed E-state index contributed by atoms with van der Waals surface area (Å²) in [6.45, 7) is 8.16. The standard InChI is InChI=1S/C7H16N/c1-5-6(2)7(3,4)8/h6,8H,5H2,1-4H3. The van der Waals surface area contributed by atoms with Crippen LogP contribution in [0.25, 0.3) is 0 Å². The second-order valence-corrected chi connectivity index (χ2v) is 3.03. The predicted octanol–water partition coefficient (Wildman–Crippen LogP) is 2.09. The van der Waals surface area contributed by atoms with Gasteiger partial charge in [0, 0.05) is 5.54 Å². The summed E-state index contributed by atoms with van der Waals surface area (Å²) in [5, 5.41) is 0. The maximum absolute atomic E-state index is 7.54. The molecule has 0 aliphatic carbocycles. The van der Waals surface area contributed by atoms with Crippen LogP contribution in [0.2, 0.25) is 0 Å². The Morgan fingerprint density at radius 2 is 1.88 bits per heavy atom. The first-order valence-corrected chi connectivity index (χ1v) is 3.23. The van der Waals surface area contributed by atoms with E-state index in [-0.39, 0.29) is 5.54 Å². The molecular weight excluding hydrogens is 98.1 g/mol. The minimum atomic E-state index is -0.241. The molecule has 0 aromatic carbocycles. The number of rotatable bonds is 2. The zero-order valence-electron chi connectivity index (χ0n) is 6.28. The third kappa shape index (κ3) is 2.31. The molecule has 1 atom stereocenters. The highest BCUT2D eigenvalue weighted by molar-refractivity contribution is 4.76. The van der Waals surface area contributed by atoms with E-state index in [1.54, 1.807) is 0 Å². The fourth-order valence-electron chi connectivity index (χ4n) is 0.510. The van der Waals surface area contributed by atoms with Gasteiger partial charge in [-0.1, -0.05) is 20.3 Å². The maximum Gasteiger partial charge on any atom is 0.0293 e. The van der Waals surface area contributed by atoms with Crippen molar-refractivity contribution in [1.29, 1.82) is 0 Å². The zero-order valence-corrected chi connectivity index (χ0v) is 6.28. The van der Waals surface area contributed by atoms with Gasteiger partial charge < -0.3 is 0 Å². The lowest BCUT2D eigenvalue weighted by Gasteiger charge is -2.24. The minimum Gasteiger partial charge on any atom is -0.251 e. The minimum absolute atomic E-state index is 0.241. The normalized spacial score (nSPS) is 16.1. The van der Waals surface area contributed by atoms with Crippen molar-refractivity contribution in [3.05, 3.63) is 0 Å². The molecule has 0 spiro atoms. The van der Waals surface area contributed by atoms with E-state index < -0.39 is 0 Å². The van der Waals surface area contributed by atoms with Crippen LogP contribution in [0.15, 0.2) is 0 Å². The van der Waals surface area contributed by atoms with Gasteiger partial charge in [0.25, 0.3) is 0 Å². The van der Waals surface area contributed by atoms with Gasteiger partial charge in [-0.15, -0.1) is 0 Å². The molecule has 0 saturated heterocycles. The summed E-state index contributed by atoms with van der Waals surface area (Å²) in [6.07, 6.45) is 1.11. The molecule has 0 fully saturated rings. The van der Waals surface area contributed by atoms with Gasteiger partial charge in [-0.25, -0.2) is 0 Å². The molecule has 0 rings (SSSR count). The molecule has 49 valence electrons. The highest BCUT2D eigenvalue weighted by Gasteiger charge is 2.18. The van der Waals surface area contributed by atoms with E-state index in [4.69, 9.17) is 5.73 Å². The first-order valence-electron chi connectivity index (χ1n) is 3.23. The van der Waals surface area contributed by atoms with Crippen LogP contribution in [0.1, 0.15) is 34.1 Å². The Morgan fingerprint density at radius 3 is 1.88 bits per heavy atom. The van der Waals surface area contributed by atoms with E-state index in [1.807, 2.05) is 13.8 Å². The zero-order chi connectivity index (χ0) is 6.78. The second kappa shape index (κ2) is 2.49. The topological polar surface area (TPSA) is 23.8 Å². The smallest absolute Gasteiger partial charge is 0.0293 e. The van der Waals surface area contributed by atoms with Crippen molar-refractivity contribution < 1.29 is 0 Å². The van der Waals surface area contributed by atoms with E-state index in [9.17, 15) is 0 Å². The van der Waals surface area contributed by atoms with Crippen molar-refractivity contribution in [1.82, 2.24) is 5.73 Å². The Labute approximate surface area is 52.3 Å². The Morgan fingerprint density at radius 1 is 1.50 bits per heavy atom. The van der Waals surface area contributed by atoms with E-state index in [0.29, 0.717) is 5.92 Å². The second-order valence-electron chi connectivity index (χ2n) is 3.03. The maximum atomic E-state index is 7.54. The highest BCUT2D eigenvalue weighted by atomic mass is 14.7. The lowest BCUT2D eigenvalue weighted by Crippen LogP contribution is -2.29. The number of hydrogen-bond acceptors (Lipinski definition) is 0. The first-order chi connectivity index (χ1) is 3.48. The summed E-state index contributed by atoms with van der Waals surface area (Å²) >= 11 is 0. The fraction of sp³-hybridized carbons (Fsp3) is 1.00. The van der Waals surface area contributed by atoms with Crippen molar-refractivity contribution in [3.8, 4) is 0 Å². The molecular formula is C7H16N. The van der Waals surface area contributed by atoms with Gasteiger partial charge in [-0.2, -0.15) is 0 Å². The molecule has 0 aliphatic rings. The molecule has 1 N–H and O–H groups in total. The van der Waals surface area contributed by atoms with Crippen molar-refractivity contribution in [2.45, 2.75) is 39.7 Å². The highest BCUT2D eigenvalue weighted by Crippen LogP contribution is 2.16. The summed E-state index contributed by atoms with van der Waals surface area (Å²) in [5.74, 6) is 0.516. The summed E-state index contributed by atoms with van der Waals surface area (Å²) < 4.78 is 0. The molecule has 1 radical (unpaired) electrons. The predicted molar refractivity (Wildman–Crippen MR) is 36.6 cm³/mol. The van der Waals surface area contributed by atoms with Gasteiger partial charge in [0.1, 0.15) is 0 Å². The summed E-state index contributed by atoms with van der Waals surface area (Å²) in [7, 11) is 0. The van der Waals surface area contributed by atoms with Gasteiger partial charge >= 0.3 is 0 Å². The van der Waals surface area contributed by atoms with E-state index in [1.165, 1.54) is 0 Å². The van der Waals surface area contributed by atoms with Crippen molar-refractivity contribution in [2.75, 3.05) is 0 Å². The molecule has 0 saturated carbocycles. The summed E-state index contributed by atoms with van der Waals surface area (Å²) in [6, 6.07) is 0. The van der Waals surface area contributed by atoms with Gasteiger partial charge in [0.2, 0.25) is 0 Å². The van der Waals surface area contributed by atoms with E-state index in [2.05, 4.69) is 13.8 Å². The third-order valence-corrected chi connectivity index (χ3v) is 1.84. The molecule has 0 amide bonds. The van der Waals surface area contributed by atoms with E-state index >= 15 is 0 Å². The quantitative estimate of drug-likeness (QED) is 0.525. The Bertz CT molecular complexity index is 61.3. The summed E-state index contributed by atoms with van der Waals surface area (Å²) in [5.41, 5.74) is 7.30. The van der Waals surface area contributed by atoms with Crippen LogP contribution in [0, 0.1) is 5.92 Å². The van der Waals surface area contributed by atoms with Crippen LogP contribution in [0.4, 0.5) is 0 Å². The van der Waals surface area contributed by atoms with Gasteiger partial charge in [0.15, 0.2) is 0 Å². The largest absolute Gasteiger partial charge is 0.251 e. The molecule has 0 aliphatic heterocycles. The molecule has 0 heterocycles. The Kier molecular flexibility index (Phi) is 2.48. The van der Waals surface area contributed by atoms with Gasteiger partial charge in [0.05, 0.1) is 0 Å². The van der Waals surface area contributed by atoms with Crippen molar-refractivity contribution in [2.24, 2.45) is 5.92 Å². The van der Waals surface area contributed by atoms with Gasteiger partial charge in [-0.3, -0.25) is 5.73 Å². The molecule has 0 bridgehead atoms. The van der Waals surface area contributed by atoms with Crippen LogP contribution in [0.5, 0.6) is 0 Å². The van der Waals surface area contributed by atoms with Crippen LogP contribution in [-0.4, -0.2) is 5.54 Å². The average Bonchev–Trinajstić information content (AvgIpc) is 1.62. The molecule has 8 heavy (non-hydrogen) atoms. The lowest BCUT2D eigenvalue weighted by molar-refractivity contribution is 0.326. The third-order valence-electron chi connectivity index (χ3n) is 1.84. The fourth-order valence-corrected chi connectivity index (χ4v) is 0.510. The van der Waals surface area contributed by atoms with Crippen molar-refractivity contribution in [3.63, 3.8) is 0 Å². The lowest BCUT2D eigenvalue weighted by atomic mass is 9.88. The van der Waals surface area contributed by atoms with E-state index in [0.717, 1.165) is 6.42 Å². The van der Waals surface area contributed by atoms with Crippen LogP contribution >= 0.6 is 0 Å². The summed E-state index contributed by atoms with van der Waals surface area (Å²) in [4.78, 5) is 0. The monoisotopic (exact) mass is 114 g/mol. The SMILES string of the molecule is CCC(C)C(C)(C)[NH]. The average molecular weight is 114 g/mol. The first kappa shape index (κ1) is 7.96. The molecule has 0 aromatic heterocycles. The molecule has 1 heteroatoms. The molecule has 1 nitrogen and oxygen atoms in total. The number of nitrogens with one attached hydrogen (secondary N) is 1. The molecule has 1 unspecified atom stereocenters. The van der Waals surface area contributed by atoms with Crippen LogP contribution < -0.4 is 5.73 Å². The van der Waals surface area contributed by atoms with Crippen molar-refractivity contribution >= 4 is 0 Å². The van der Waals surface area contributed by atoms with Crippen LogP contribution in [0.3, 0.4) is 0 Å². The number of hydrogen-bond donors (Lipinski definition) is 0. The molecule has 0 aromatic rings.